The Bertz CT molecular complexity index is 151. The van der Waals surface area contributed by atoms with Gasteiger partial charge in [-0.25, -0.2) is 4.39 Å². The van der Waals surface area contributed by atoms with Gasteiger partial charge in [0.15, 0.2) is 0 Å². The standard InChI is InChI=1S/C9H18FIN2O/c10-3-6-13-5-2-9(1-4-12-11)14-8-7-13/h9,12H,1-8H2. The molecule has 1 N–H and O–H groups in total. The van der Waals surface area contributed by atoms with Gasteiger partial charge in [0.2, 0.25) is 0 Å². The van der Waals surface area contributed by atoms with E-state index < -0.39 is 0 Å². The average molecular weight is 316 g/mol. The van der Waals surface area contributed by atoms with Crippen LogP contribution in [-0.4, -0.2) is 50.5 Å². The van der Waals surface area contributed by atoms with Crippen LogP contribution in [0.25, 0.3) is 0 Å². The van der Waals surface area contributed by atoms with E-state index in [-0.39, 0.29) is 6.67 Å². The second-order valence-electron chi connectivity index (χ2n) is 3.48. The van der Waals surface area contributed by atoms with Gasteiger partial charge >= 0.3 is 0 Å². The van der Waals surface area contributed by atoms with Gasteiger partial charge in [-0.05, 0) is 12.8 Å². The molecule has 0 aliphatic carbocycles. The van der Waals surface area contributed by atoms with Crippen molar-refractivity contribution in [2.45, 2.75) is 18.9 Å². The van der Waals surface area contributed by atoms with Crippen LogP contribution in [0.5, 0.6) is 0 Å². The summed E-state index contributed by atoms with van der Waals surface area (Å²) in [6.07, 6.45) is 2.42. The molecule has 1 aliphatic rings. The Labute approximate surface area is 98.9 Å². The lowest BCUT2D eigenvalue weighted by Gasteiger charge is -2.16. The molecule has 5 heteroatoms. The van der Waals surface area contributed by atoms with Crippen LogP contribution in [0.4, 0.5) is 4.39 Å². The summed E-state index contributed by atoms with van der Waals surface area (Å²) in [5.74, 6) is 0. The molecule has 1 atom stereocenters. The molecular weight excluding hydrogens is 298 g/mol. The van der Waals surface area contributed by atoms with Gasteiger partial charge in [-0.1, -0.05) is 0 Å². The minimum absolute atomic E-state index is 0.250. The molecule has 0 spiro atoms. The first-order valence-corrected chi connectivity index (χ1v) is 6.18. The van der Waals surface area contributed by atoms with Crippen LogP contribution in [0.3, 0.4) is 0 Å². The molecule has 84 valence electrons. The first-order chi connectivity index (χ1) is 6.86. The third-order valence-electron chi connectivity index (χ3n) is 2.49. The maximum Gasteiger partial charge on any atom is 0.102 e. The number of halogens is 2. The molecule has 0 aromatic carbocycles. The topological polar surface area (TPSA) is 24.5 Å². The van der Waals surface area contributed by atoms with Crippen LogP contribution in [0, 0.1) is 0 Å². The highest BCUT2D eigenvalue weighted by molar-refractivity contribution is 14.1. The molecule has 0 amide bonds. The van der Waals surface area contributed by atoms with Crippen molar-refractivity contribution in [3.8, 4) is 0 Å². The van der Waals surface area contributed by atoms with Gasteiger partial charge in [0.05, 0.1) is 12.7 Å². The van der Waals surface area contributed by atoms with Crippen molar-refractivity contribution in [3.05, 3.63) is 0 Å². The molecule has 1 unspecified atom stereocenters. The van der Waals surface area contributed by atoms with Gasteiger partial charge in [-0.3, -0.25) is 8.43 Å². The van der Waals surface area contributed by atoms with Crippen molar-refractivity contribution in [1.29, 1.82) is 0 Å². The second kappa shape index (κ2) is 7.78. The monoisotopic (exact) mass is 316 g/mol. The molecule has 1 saturated heterocycles. The summed E-state index contributed by atoms with van der Waals surface area (Å²) in [5, 5.41) is 0. The Balaban J connectivity index is 2.19. The summed E-state index contributed by atoms with van der Waals surface area (Å²) in [6, 6.07) is 0. The van der Waals surface area contributed by atoms with Crippen LogP contribution in [-0.2, 0) is 4.74 Å². The number of rotatable bonds is 5. The Morgan fingerprint density at radius 2 is 2.36 bits per heavy atom. The lowest BCUT2D eigenvalue weighted by Crippen LogP contribution is -2.28. The number of alkyl halides is 1. The highest BCUT2D eigenvalue weighted by atomic mass is 127. The van der Waals surface area contributed by atoms with Crippen molar-refractivity contribution >= 4 is 22.9 Å². The fourth-order valence-electron chi connectivity index (χ4n) is 1.66. The Kier molecular flexibility index (Phi) is 7.01. The predicted molar refractivity (Wildman–Crippen MR) is 63.4 cm³/mol. The van der Waals surface area contributed by atoms with Crippen LogP contribution < -0.4 is 3.53 Å². The Morgan fingerprint density at radius 1 is 1.50 bits per heavy atom. The maximum absolute atomic E-state index is 12.1. The fraction of sp³-hybridized carbons (Fsp3) is 1.00. The van der Waals surface area contributed by atoms with Crippen molar-refractivity contribution in [2.24, 2.45) is 0 Å². The molecule has 1 aliphatic heterocycles. The highest BCUT2D eigenvalue weighted by Crippen LogP contribution is 2.09. The lowest BCUT2D eigenvalue weighted by atomic mass is 10.2. The number of nitrogens with one attached hydrogen (secondary N) is 1. The SMILES string of the molecule is FCCN1CCOC(CCNI)CC1. The number of nitrogens with zero attached hydrogens (tertiary/aromatic N) is 1. The molecule has 0 bridgehead atoms. The molecule has 1 heterocycles. The van der Waals surface area contributed by atoms with Gasteiger partial charge < -0.3 is 4.74 Å². The minimum atomic E-state index is -0.250. The molecule has 0 aromatic heterocycles. The van der Waals surface area contributed by atoms with E-state index in [2.05, 4.69) is 31.3 Å². The van der Waals surface area contributed by atoms with E-state index in [0.717, 1.165) is 39.1 Å². The predicted octanol–water partition coefficient (Wildman–Crippen LogP) is 1.38. The molecule has 1 rings (SSSR count). The van der Waals surface area contributed by atoms with Crippen molar-refractivity contribution in [3.63, 3.8) is 0 Å². The first kappa shape index (κ1) is 12.6. The molecule has 0 aromatic rings. The summed E-state index contributed by atoms with van der Waals surface area (Å²) < 4.78 is 20.9. The molecule has 0 saturated carbocycles. The molecule has 0 radical (unpaired) electrons. The number of hydrogen-bond donors (Lipinski definition) is 1. The highest BCUT2D eigenvalue weighted by Gasteiger charge is 2.16. The number of hydrogen-bond acceptors (Lipinski definition) is 3. The van der Waals surface area contributed by atoms with Crippen LogP contribution in [0.15, 0.2) is 0 Å². The summed E-state index contributed by atoms with van der Waals surface area (Å²) in [6.45, 7) is 3.87. The van der Waals surface area contributed by atoms with Crippen molar-refractivity contribution in [1.82, 2.24) is 8.43 Å². The maximum atomic E-state index is 12.1. The molecular formula is C9H18FIN2O. The third kappa shape index (κ3) is 4.86. The number of ether oxygens (including phenoxy) is 1. The van der Waals surface area contributed by atoms with E-state index in [9.17, 15) is 4.39 Å². The van der Waals surface area contributed by atoms with E-state index in [1.165, 1.54) is 0 Å². The van der Waals surface area contributed by atoms with Crippen LogP contribution in [0.1, 0.15) is 12.8 Å². The molecule has 3 nitrogen and oxygen atoms in total. The smallest absolute Gasteiger partial charge is 0.102 e. The zero-order valence-electron chi connectivity index (χ0n) is 8.35. The van der Waals surface area contributed by atoms with E-state index >= 15 is 0 Å². The summed E-state index contributed by atoms with van der Waals surface area (Å²) in [7, 11) is 0. The van der Waals surface area contributed by atoms with Gasteiger partial charge in [-0.2, -0.15) is 0 Å². The summed E-state index contributed by atoms with van der Waals surface area (Å²) >= 11 is 2.15. The first-order valence-electron chi connectivity index (χ1n) is 5.10. The molecule has 1 fully saturated rings. The van der Waals surface area contributed by atoms with Crippen molar-refractivity contribution < 1.29 is 9.13 Å². The van der Waals surface area contributed by atoms with Gasteiger partial charge in [0, 0.05) is 49.0 Å². The zero-order chi connectivity index (χ0) is 10.2. The van der Waals surface area contributed by atoms with Crippen molar-refractivity contribution in [2.75, 3.05) is 39.5 Å². The third-order valence-corrected chi connectivity index (χ3v) is 3.03. The van der Waals surface area contributed by atoms with Gasteiger partial charge in [0.1, 0.15) is 6.67 Å². The molecule has 14 heavy (non-hydrogen) atoms. The van der Waals surface area contributed by atoms with E-state index in [1.54, 1.807) is 0 Å². The van der Waals surface area contributed by atoms with Gasteiger partial charge in [0.25, 0.3) is 0 Å². The van der Waals surface area contributed by atoms with E-state index in [4.69, 9.17) is 4.74 Å². The normalized spacial score (nSPS) is 24.9. The largest absolute Gasteiger partial charge is 0.377 e. The fourth-order valence-corrected chi connectivity index (χ4v) is 1.97. The Morgan fingerprint density at radius 3 is 3.07 bits per heavy atom. The van der Waals surface area contributed by atoms with Crippen LogP contribution in [0.2, 0.25) is 0 Å². The van der Waals surface area contributed by atoms with E-state index in [1.807, 2.05) is 0 Å². The zero-order valence-corrected chi connectivity index (χ0v) is 10.5. The van der Waals surface area contributed by atoms with Gasteiger partial charge in [-0.15, -0.1) is 0 Å². The Hall–Kier alpha value is 0.540. The second-order valence-corrected chi connectivity index (χ2v) is 4.25. The summed E-state index contributed by atoms with van der Waals surface area (Å²) in [4.78, 5) is 2.14. The quantitative estimate of drug-likeness (QED) is 0.613. The summed E-state index contributed by atoms with van der Waals surface area (Å²) in [5.41, 5.74) is 0. The van der Waals surface area contributed by atoms with Crippen LogP contribution >= 0.6 is 22.9 Å². The van der Waals surface area contributed by atoms with E-state index in [0.29, 0.717) is 12.6 Å². The lowest BCUT2D eigenvalue weighted by molar-refractivity contribution is 0.0576. The minimum Gasteiger partial charge on any atom is -0.377 e. The average Bonchev–Trinajstić information content (AvgIpc) is 2.41.